The zero-order valence-corrected chi connectivity index (χ0v) is 14.6. The number of benzene rings is 1. The Labute approximate surface area is 139 Å². The summed E-state index contributed by atoms with van der Waals surface area (Å²) in [6.07, 6.45) is 0. The Morgan fingerprint density at radius 1 is 1.30 bits per heavy atom. The number of rotatable bonds is 5. The van der Waals surface area contributed by atoms with Crippen LogP contribution < -0.4 is 5.46 Å². The number of hydrogen-bond donors (Lipinski definition) is 0. The number of esters is 1. The molecule has 0 spiro atoms. The molecule has 1 unspecified atom stereocenters. The van der Waals surface area contributed by atoms with Crippen molar-refractivity contribution in [2.24, 2.45) is 5.92 Å². The summed E-state index contributed by atoms with van der Waals surface area (Å²) < 4.78 is 16.7. The molecule has 0 bridgehead atoms. The molecule has 0 amide bonds. The minimum atomic E-state index is -0.491. The van der Waals surface area contributed by atoms with E-state index in [0.717, 1.165) is 11.0 Å². The Hall–Kier alpha value is -1.75. The quantitative estimate of drug-likeness (QED) is 0.619. The number of ether oxygens (including phenoxy) is 1. The third-order valence-electron chi connectivity index (χ3n) is 4.10. The fraction of sp³-hybridized carbons (Fsp3) is 0.500. The van der Waals surface area contributed by atoms with Crippen molar-refractivity contribution in [3.05, 3.63) is 42.2 Å². The molecule has 1 aliphatic rings. The van der Waals surface area contributed by atoms with Crippen molar-refractivity contribution < 1.29 is 18.8 Å². The second-order valence-electron chi connectivity index (χ2n) is 6.64. The van der Waals surface area contributed by atoms with Gasteiger partial charge < -0.3 is 14.0 Å². The first kappa shape index (κ1) is 17.6. The highest BCUT2D eigenvalue weighted by atomic mass is 16.7. The third-order valence-corrected chi connectivity index (χ3v) is 4.10. The van der Waals surface area contributed by atoms with Gasteiger partial charge in [-0.05, 0) is 37.7 Å². The molecule has 0 radical (unpaired) electrons. The van der Waals surface area contributed by atoms with E-state index in [1.54, 1.807) is 0 Å². The van der Waals surface area contributed by atoms with Gasteiger partial charge in [0.15, 0.2) is 0 Å². The molecule has 0 aromatic heterocycles. The van der Waals surface area contributed by atoms with Gasteiger partial charge in [-0.1, -0.05) is 44.7 Å². The molecule has 0 saturated carbocycles. The minimum Gasteiger partial charge on any atom is -0.534 e. The predicted molar refractivity (Wildman–Crippen MR) is 91.4 cm³/mol. The first-order valence-corrected chi connectivity index (χ1v) is 8.06. The molecular formula is C18H25BO4. The Kier molecular flexibility index (Phi) is 5.20. The van der Waals surface area contributed by atoms with Crippen LogP contribution in [0.2, 0.25) is 0 Å². The van der Waals surface area contributed by atoms with E-state index in [4.69, 9.17) is 14.0 Å². The molecule has 1 aromatic carbocycles. The fourth-order valence-corrected chi connectivity index (χ4v) is 2.65. The smallest absolute Gasteiger partial charge is 0.534 e. The molecular weight excluding hydrogens is 291 g/mol. The predicted octanol–water partition coefficient (Wildman–Crippen LogP) is 3.02. The van der Waals surface area contributed by atoms with Crippen LogP contribution in [0.4, 0.5) is 0 Å². The standard InChI is InChI=1S/C18H25BO4/c1-7-21-17(20)16(12(2)3)14-8-10-15(11-9-14)19-22-13(4)18(5,6)23-19/h8-12,16H,4,7H2,1-3,5-6H3. The van der Waals surface area contributed by atoms with E-state index < -0.39 is 12.7 Å². The van der Waals surface area contributed by atoms with Crippen LogP contribution >= 0.6 is 0 Å². The van der Waals surface area contributed by atoms with Crippen LogP contribution in [0.5, 0.6) is 0 Å². The number of carbonyl (C=O) groups excluding carboxylic acids is 1. The Balaban J connectivity index is 2.18. The van der Waals surface area contributed by atoms with Gasteiger partial charge >= 0.3 is 13.1 Å². The van der Waals surface area contributed by atoms with Crippen LogP contribution in [0.25, 0.3) is 0 Å². The van der Waals surface area contributed by atoms with Crippen molar-refractivity contribution in [3.8, 4) is 0 Å². The Morgan fingerprint density at radius 2 is 1.91 bits per heavy atom. The van der Waals surface area contributed by atoms with Crippen molar-refractivity contribution >= 4 is 18.6 Å². The molecule has 4 nitrogen and oxygen atoms in total. The van der Waals surface area contributed by atoms with Gasteiger partial charge in [0, 0.05) is 0 Å². The first-order chi connectivity index (χ1) is 10.8. The van der Waals surface area contributed by atoms with Gasteiger partial charge in [-0.2, -0.15) is 0 Å². The van der Waals surface area contributed by atoms with Crippen LogP contribution in [0, 0.1) is 5.92 Å². The van der Waals surface area contributed by atoms with Crippen molar-refractivity contribution in [1.29, 1.82) is 0 Å². The van der Waals surface area contributed by atoms with E-state index in [1.807, 2.05) is 58.9 Å². The van der Waals surface area contributed by atoms with Crippen LogP contribution in [0.1, 0.15) is 46.1 Å². The van der Waals surface area contributed by atoms with Gasteiger partial charge in [0.05, 0.1) is 18.3 Å². The maximum atomic E-state index is 12.2. The third kappa shape index (κ3) is 3.78. The highest BCUT2D eigenvalue weighted by molar-refractivity contribution is 6.62. The second-order valence-corrected chi connectivity index (χ2v) is 6.64. The van der Waals surface area contributed by atoms with Gasteiger partial charge in [-0.15, -0.1) is 0 Å². The summed E-state index contributed by atoms with van der Waals surface area (Å²) in [5.41, 5.74) is 1.36. The lowest BCUT2D eigenvalue weighted by atomic mass is 9.77. The molecule has 124 valence electrons. The molecule has 1 saturated heterocycles. The van der Waals surface area contributed by atoms with Crippen molar-refractivity contribution in [2.45, 2.75) is 46.1 Å². The van der Waals surface area contributed by atoms with Gasteiger partial charge in [-0.25, -0.2) is 0 Å². The highest BCUT2D eigenvalue weighted by Gasteiger charge is 2.42. The average molecular weight is 316 g/mol. The zero-order valence-electron chi connectivity index (χ0n) is 14.6. The van der Waals surface area contributed by atoms with Gasteiger partial charge in [0.2, 0.25) is 0 Å². The molecule has 5 heteroatoms. The number of hydrogen-bond acceptors (Lipinski definition) is 4. The van der Waals surface area contributed by atoms with Crippen molar-refractivity contribution in [2.75, 3.05) is 6.61 Å². The summed E-state index contributed by atoms with van der Waals surface area (Å²) in [4.78, 5) is 12.2. The summed E-state index contributed by atoms with van der Waals surface area (Å²) in [6.45, 7) is 14.0. The molecule has 1 aromatic rings. The highest BCUT2D eigenvalue weighted by Crippen LogP contribution is 2.30. The molecule has 2 rings (SSSR count). The SMILES string of the molecule is C=C1OB(c2ccc(C(C(=O)OCC)C(C)C)cc2)OC1(C)C. The Bertz CT molecular complexity index is 577. The van der Waals surface area contributed by atoms with Crippen LogP contribution in [0.3, 0.4) is 0 Å². The van der Waals surface area contributed by atoms with Gasteiger partial charge in [0.1, 0.15) is 5.60 Å². The van der Waals surface area contributed by atoms with Gasteiger partial charge in [0.25, 0.3) is 0 Å². The largest absolute Gasteiger partial charge is 0.563 e. The second kappa shape index (κ2) is 6.79. The zero-order chi connectivity index (χ0) is 17.2. The van der Waals surface area contributed by atoms with E-state index in [9.17, 15) is 4.79 Å². The fourth-order valence-electron chi connectivity index (χ4n) is 2.65. The normalized spacial score (nSPS) is 18.0. The number of carbonyl (C=O) groups is 1. The lowest BCUT2D eigenvalue weighted by Gasteiger charge is -2.20. The van der Waals surface area contributed by atoms with Crippen LogP contribution in [-0.4, -0.2) is 25.3 Å². The monoisotopic (exact) mass is 316 g/mol. The maximum Gasteiger partial charge on any atom is 0.563 e. The van der Waals surface area contributed by atoms with Crippen LogP contribution in [0.15, 0.2) is 36.6 Å². The van der Waals surface area contributed by atoms with Crippen LogP contribution in [-0.2, 0) is 18.8 Å². The minimum absolute atomic E-state index is 0.164. The van der Waals surface area contributed by atoms with Crippen molar-refractivity contribution in [3.63, 3.8) is 0 Å². The maximum absolute atomic E-state index is 12.2. The summed E-state index contributed by atoms with van der Waals surface area (Å²) >= 11 is 0. The molecule has 1 atom stereocenters. The van der Waals surface area contributed by atoms with E-state index >= 15 is 0 Å². The lowest BCUT2D eigenvalue weighted by molar-refractivity contribution is -0.146. The topological polar surface area (TPSA) is 44.8 Å². The summed E-state index contributed by atoms with van der Waals surface area (Å²) in [6, 6.07) is 7.75. The molecule has 0 aliphatic carbocycles. The van der Waals surface area contributed by atoms with Crippen molar-refractivity contribution in [1.82, 2.24) is 0 Å². The lowest BCUT2D eigenvalue weighted by Crippen LogP contribution is -2.34. The van der Waals surface area contributed by atoms with Gasteiger partial charge in [-0.3, -0.25) is 4.79 Å². The average Bonchev–Trinajstić information content (AvgIpc) is 2.73. The van der Waals surface area contributed by atoms with E-state index in [-0.39, 0.29) is 17.8 Å². The first-order valence-electron chi connectivity index (χ1n) is 8.06. The summed E-state index contributed by atoms with van der Waals surface area (Å²) in [5, 5.41) is 0. The molecule has 1 aliphatic heterocycles. The van der Waals surface area contributed by atoms with E-state index in [1.165, 1.54) is 0 Å². The van der Waals surface area contributed by atoms with E-state index in [2.05, 4.69) is 6.58 Å². The molecule has 1 fully saturated rings. The summed E-state index contributed by atoms with van der Waals surface area (Å²) in [7, 11) is -0.452. The summed E-state index contributed by atoms with van der Waals surface area (Å²) in [5.74, 6) is 0.342. The molecule has 1 heterocycles. The molecule has 0 N–H and O–H groups in total. The van der Waals surface area contributed by atoms with E-state index in [0.29, 0.717) is 12.4 Å². The molecule has 23 heavy (non-hydrogen) atoms. The Morgan fingerprint density at radius 3 is 2.35 bits per heavy atom.